The van der Waals surface area contributed by atoms with Gasteiger partial charge in [0.15, 0.2) is 0 Å². The molecule has 2 N–H and O–H groups in total. The second-order valence-electron chi connectivity index (χ2n) is 4.06. The van der Waals surface area contributed by atoms with E-state index in [2.05, 4.69) is 19.2 Å². The summed E-state index contributed by atoms with van der Waals surface area (Å²) in [5.41, 5.74) is 0.460. The van der Waals surface area contributed by atoms with Gasteiger partial charge in [0, 0.05) is 12.2 Å². The summed E-state index contributed by atoms with van der Waals surface area (Å²) in [6.45, 7) is 4.90. The second-order valence-corrected chi connectivity index (χ2v) is 4.06. The maximum atomic E-state index is 12.9. The van der Waals surface area contributed by atoms with Crippen molar-refractivity contribution >= 4 is 11.7 Å². The van der Waals surface area contributed by atoms with Crippen LogP contribution in [-0.2, 0) is 0 Å². The molecule has 0 amide bonds. The van der Waals surface area contributed by atoms with Gasteiger partial charge in [-0.05, 0) is 24.1 Å². The number of hydrogen-bond acceptors (Lipinski definition) is 2. The molecule has 17 heavy (non-hydrogen) atoms. The Labute approximate surface area is 101 Å². The van der Waals surface area contributed by atoms with E-state index in [-0.39, 0.29) is 5.56 Å². The number of nitrogens with one attached hydrogen (secondary N) is 1. The van der Waals surface area contributed by atoms with Crippen molar-refractivity contribution in [2.75, 3.05) is 11.9 Å². The maximum Gasteiger partial charge on any atom is 0.337 e. The standard InChI is InChI=1S/C13H18FNO2/c1-3-9(4-2)8-15-12-6-5-10(14)7-11(12)13(16)17/h5-7,9,15H,3-4,8H2,1-2H3,(H,16,17). The number of benzene rings is 1. The fourth-order valence-electron chi connectivity index (χ4n) is 1.68. The van der Waals surface area contributed by atoms with Crippen molar-refractivity contribution in [1.82, 2.24) is 0 Å². The molecule has 0 radical (unpaired) electrons. The van der Waals surface area contributed by atoms with E-state index in [1.807, 2.05) is 0 Å². The number of anilines is 1. The number of carbonyl (C=O) groups is 1. The fourth-order valence-corrected chi connectivity index (χ4v) is 1.68. The zero-order valence-electron chi connectivity index (χ0n) is 10.2. The van der Waals surface area contributed by atoms with Gasteiger partial charge in [-0.2, -0.15) is 0 Å². The van der Waals surface area contributed by atoms with Crippen molar-refractivity contribution in [1.29, 1.82) is 0 Å². The molecule has 0 atom stereocenters. The Hall–Kier alpha value is -1.58. The van der Waals surface area contributed by atoms with Crippen LogP contribution in [0.4, 0.5) is 10.1 Å². The molecular formula is C13H18FNO2. The van der Waals surface area contributed by atoms with Crippen molar-refractivity contribution < 1.29 is 14.3 Å². The van der Waals surface area contributed by atoms with Crippen LogP contribution in [0.5, 0.6) is 0 Å². The number of rotatable bonds is 6. The fraction of sp³-hybridized carbons (Fsp3) is 0.462. The van der Waals surface area contributed by atoms with E-state index in [1.165, 1.54) is 12.1 Å². The third-order valence-electron chi connectivity index (χ3n) is 2.95. The van der Waals surface area contributed by atoms with Gasteiger partial charge < -0.3 is 10.4 Å². The minimum absolute atomic E-state index is 0.0176. The van der Waals surface area contributed by atoms with Crippen LogP contribution in [0.15, 0.2) is 18.2 Å². The Morgan fingerprint density at radius 1 is 1.41 bits per heavy atom. The molecule has 0 heterocycles. The zero-order chi connectivity index (χ0) is 12.8. The largest absolute Gasteiger partial charge is 0.478 e. The highest BCUT2D eigenvalue weighted by Gasteiger charge is 2.12. The first-order chi connectivity index (χ1) is 8.08. The third kappa shape index (κ3) is 3.73. The number of hydrogen-bond donors (Lipinski definition) is 2. The van der Waals surface area contributed by atoms with Gasteiger partial charge in [-0.25, -0.2) is 9.18 Å². The lowest BCUT2D eigenvalue weighted by Gasteiger charge is -2.15. The van der Waals surface area contributed by atoms with E-state index in [1.54, 1.807) is 0 Å². The minimum atomic E-state index is -1.11. The molecule has 1 aromatic carbocycles. The van der Waals surface area contributed by atoms with Crippen molar-refractivity contribution in [3.05, 3.63) is 29.6 Å². The van der Waals surface area contributed by atoms with E-state index in [4.69, 9.17) is 5.11 Å². The summed E-state index contributed by atoms with van der Waals surface area (Å²) in [6.07, 6.45) is 2.07. The van der Waals surface area contributed by atoms with Crippen LogP contribution in [0.25, 0.3) is 0 Å². The third-order valence-corrected chi connectivity index (χ3v) is 2.95. The van der Waals surface area contributed by atoms with Crippen molar-refractivity contribution in [3.63, 3.8) is 0 Å². The van der Waals surface area contributed by atoms with Crippen molar-refractivity contribution in [3.8, 4) is 0 Å². The van der Waals surface area contributed by atoms with Gasteiger partial charge in [0.05, 0.1) is 5.56 Å². The first-order valence-corrected chi connectivity index (χ1v) is 5.85. The van der Waals surface area contributed by atoms with E-state index in [9.17, 15) is 9.18 Å². The smallest absolute Gasteiger partial charge is 0.337 e. The highest BCUT2D eigenvalue weighted by atomic mass is 19.1. The van der Waals surface area contributed by atoms with Crippen molar-refractivity contribution in [2.24, 2.45) is 5.92 Å². The normalized spacial score (nSPS) is 10.6. The minimum Gasteiger partial charge on any atom is -0.478 e. The van der Waals surface area contributed by atoms with Gasteiger partial charge in [0.25, 0.3) is 0 Å². The molecule has 1 aromatic rings. The topological polar surface area (TPSA) is 49.3 Å². The molecule has 0 saturated carbocycles. The molecule has 0 unspecified atom stereocenters. The quantitative estimate of drug-likeness (QED) is 0.800. The summed E-state index contributed by atoms with van der Waals surface area (Å²) in [4.78, 5) is 11.0. The Bertz CT molecular complexity index is 389. The van der Waals surface area contributed by atoms with Gasteiger partial charge in [-0.3, -0.25) is 0 Å². The number of carboxylic acids is 1. The lowest BCUT2D eigenvalue weighted by Crippen LogP contribution is -2.15. The summed E-state index contributed by atoms with van der Waals surface area (Å²) in [6, 6.07) is 3.78. The lowest BCUT2D eigenvalue weighted by molar-refractivity contribution is 0.0697. The van der Waals surface area contributed by atoms with Gasteiger partial charge in [0.1, 0.15) is 5.82 Å². The average molecular weight is 239 g/mol. The predicted molar refractivity (Wildman–Crippen MR) is 65.9 cm³/mol. The summed E-state index contributed by atoms with van der Waals surface area (Å²) in [5, 5.41) is 12.0. The van der Waals surface area contributed by atoms with E-state index >= 15 is 0 Å². The van der Waals surface area contributed by atoms with E-state index in [0.29, 0.717) is 18.2 Å². The van der Waals surface area contributed by atoms with Gasteiger partial charge >= 0.3 is 5.97 Å². The number of halogens is 1. The van der Waals surface area contributed by atoms with Crippen LogP contribution in [0.3, 0.4) is 0 Å². The summed E-state index contributed by atoms with van der Waals surface area (Å²) in [7, 11) is 0. The highest BCUT2D eigenvalue weighted by molar-refractivity contribution is 5.94. The number of aromatic carboxylic acids is 1. The summed E-state index contributed by atoms with van der Waals surface area (Å²) >= 11 is 0. The van der Waals surface area contributed by atoms with Crippen LogP contribution >= 0.6 is 0 Å². The Morgan fingerprint density at radius 3 is 2.59 bits per heavy atom. The van der Waals surface area contributed by atoms with Gasteiger partial charge in [-0.15, -0.1) is 0 Å². The van der Waals surface area contributed by atoms with E-state index < -0.39 is 11.8 Å². The summed E-state index contributed by atoms with van der Waals surface area (Å²) < 4.78 is 12.9. The predicted octanol–water partition coefficient (Wildman–Crippen LogP) is 3.37. The van der Waals surface area contributed by atoms with Crippen LogP contribution in [0.2, 0.25) is 0 Å². The molecule has 0 spiro atoms. The second kappa shape index (κ2) is 6.23. The number of carboxylic acid groups (broad SMARTS) is 1. The molecule has 4 heteroatoms. The zero-order valence-corrected chi connectivity index (χ0v) is 10.2. The molecule has 0 fully saturated rings. The van der Waals surface area contributed by atoms with Gasteiger partial charge in [0.2, 0.25) is 0 Å². The average Bonchev–Trinajstić information content (AvgIpc) is 2.31. The monoisotopic (exact) mass is 239 g/mol. The van der Waals surface area contributed by atoms with Gasteiger partial charge in [-0.1, -0.05) is 26.7 Å². The summed E-state index contributed by atoms with van der Waals surface area (Å²) in [5.74, 6) is -1.14. The maximum absolute atomic E-state index is 12.9. The molecule has 0 aliphatic carbocycles. The first kappa shape index (κ1) is 13.5. The Balaban J connectivity index is 2.80. The molecule has 0 aliphatic heterocycles. The Morgan fingerprint density at radius 2 is 2.06 bits per heavy atom. The highest BCUT2D eigenvalue weighted by Crippen LogP contribution is 2.18. The molecule has 94 valence electrons. The molecule has 0 aromatic heterocycles. The molecule has 1 rings (SSSR count). The molecule has 0 bridgehead atoms. The van der Waals surface area contributed by atoms with Crippen LogP contribution < -0.4 is 5.32 Å². The molecular weight excluding hydrogens is 221 g/mol. The first-order valence-electron chi connectivity index (χ1n) is 5.85. The van der Waals surface area contributed by atoms with Crippen LogP contribution in [0, 0.1) is 11.7 Å². The Kier molecular flexibility index (Phi) is 4.94. The SMILES string of the molecule is CCC(CC)CNc1ccc(F)cc1C(=O)O. The van der Waals surface area contributed by atoms with Crippen molar-refractivity contribution in [2.45, 2.75) is 26.7 Å². The van der Waals surface area contributed by atoms with Crippen LogP contribution in [0.1, 0.15) is 37.0 Å². The molecule has 0 aliphatic rings. The molecule has 0 saturated heterocycles. The van der Waals surface area contributed by atoms with E-state index in [0.717, 1.165) is 18.9 Å². The van der Waals surface area contributed by atoms with Crippen LogP contribution in [-0.4, -0.2) is 17.6 Å². The molecule has 3 nitrogen and oxygen atoms in total. The lowest BCUT2D eigenvalue weighted by atomic mass is 10.0.